The second kappa shape index (κ2) is 41.2. The van der Waals surface area contributed by atoms with Gasteiger partial charge in [0, 0.05) is 0 Å². The molecule has 0 aliphatic rings. The summed E-state index contributed by atoms with van der Waals surface area (Å²) in [4.78, 5) is 0. The van der Waals surface area contributed by atoms with E-state index < -0.39 is 0 Å². The van der Waals surface area contributed by atoms with Crippen molar-refractivity contribution in [3.63, 3.8) is 0 Å². The number of rotatable bonds is 0. The molecule has 0 spiro atoms. The Morgan fingerprint density at radius 1 is 0.600 bits per heavy atom. The van der Waals surface area contributed by atoms with Gasteiger partial charge in [-0.2, -0.15) is 0 Å². The Morgan fingerprint density at radius 3 is 0.600 bits per heavy atom. The zero-order valence-electron chi connectivity index (χ0n) is 2.25. The predicted molar refractivity (Wildman–Crippen MR) is 7.81 cm³/mol. The van der Waals surface area contributed by atoms with Crippen LogP contribution >= 0.6 is 0 Å². The van der Waals surface area contributed by atoms with Gasteiger partial charge in [-0.25, -0.2) is 0 Å². The van der Waals surface area contributed by atoms with Gasteiger partial charge >= 0.3 is 57.1 Å². The third-order valence-electron chi connectivity index (χ3n) is 0. The third kappa shape index (κ3) is 25.8. The van der Waals surface area contributed by atoms with Gasteiger partial charge in [-0.1, -0.05) is 0 Å². The summed E-state index contributed by atoms with van der Waals surface area (Å²) in [6.45, 7) is 0. The van der Waals surface area contributed by atoms with Crippen LogP contribution < -0.4 is 0 Å². The van der Waals surface area contributed by atoms with Gasteiger partial charge < -0.3 is 16.4 Å². The van der Waals surface area contributed by atoms with Gasteiger partial charge in [-0.3, -0.25) is 0 Å². The Labute approximate surface area is 72.8 Å². The normalized spacial score (nSPS) is 0. The SMILES string of the molecule is [O-2].[O-2].[O-2].[Sb+3].[Y+3]. The summed E-state index contributed by atoms with van der Waals surface area (Å²) in [6.07, 6.45) is 0. The Kier molecular flexibility index (Phi) is 581. The van der Waals surface area contributed by atoms with Gasteiger partial charge in [0.2, 0.25) is 0 Å². The molecule has 0 aliphatic carbocycles. The number of hydrogen-bond donors (Lipinski definition) is 0. The fourth-order valence-electron chi connectivity index (χ4n) is 0. The van der Waals surface area contributed by atoms with E-state index in [0.717, 1.165) is 0 Å². The molecule has 0 bridgehead atoms. The average Bonchev–Trinajstić information content (AvgIpc) is 0. The molecule has 2 radical (unpaired) electrons. The van der Waals surface area contributed by atoms with E-state index in [2.05, 4.69) is 0 Å². The summed E-state index contributed by atoms with van der Waals surface area (Å²) in [6, 6.07) is 0. The van der Waals surface area contributed by atoms with E-state index in [1.165, 1.54) is 0 Å². The maximum atomic E-state index is 0. The molecule has 0 N–H and O–H groups in total. The first-order valence-corrected chi connectivity index (χ1v) is 0. The van der Waals surface area contributed by atoms with E-state index in [1.807, 2.05) is 0 Å². The Hall–Kier alpha value is 1.80. The summed E-state index contributed by atoms with van der Waals surface area (Å²) in [5, 5.41) is 0. The molecule has 0 aromatic rings. The molecule has 0 saturated heterocycles. The van der Waals surface area contributed by atoms with E-state index in [-0.39, 0.29) is 73.6 Å². The van der Waals surface area contributed by atoms with E-state index in [0.29, 0.717) is 0 Å². The molecule has 0 unspecified atom stereocenters. The van der Waals surface area contributed by atoms with Crippen molar-refractivity contribution in [2.75, 3.05) is 0 Å². The first-order valence-electron chi connectivity index (χ1n) is 0. The van der Waals surface area contributed by atoms with Crippen LogP contribution in [0.3, 0.4) is 0 Å². The van der Waals surface area contributed by atoms with Crippen LogP contribution in [0.15, 0.2) is 0 Å². The van der Waals surface area contributed by atoms with Crippen LogP contribution in [-0.2, 0) is 49.1 Å². The van der Waals surface area contributed by atoms with Crippen molar-refractivity contribution >= 4 is 24.4 Å². The van der Waals surface area contributed by atoms with E-state index in [4.69, 9.17) is 0 Å². The molecule has 3 nitrogen and oxygen atoms in total. The van der Waals surface area contributed by atoms with Crippen molar-refractivity contribution in [2.24, 2.45) is 0 Å². The van der Waals surface area contributed by atoms with Crippen molar-refractivity contribution in [1.82, 2.24) is 0 Å². The monoisotopic (exact) mass is 258 g/mol. The Morgan fingerprint density at radius 2 is 0.600 bits per heavy atom. The van der Waals surface area contributed by atoms with E-state index in [1.54, 1.807) is 0 Å². The average molecular weight is 259 g/mol. The molecule has 0 rings (SSSR count). The minimum atomic E-state index is 0. The van der Waals surface area contributed by atoms with Crippen molar-refractivity contribution in [2.45, 2.75) is 0 Å². The summed E-state index contributed by atoms with van der Waals surface area (Å²) in [5.74, 6) is 0. The first-order chi connectivity index (χ1) is 0. The van der Waals surface area contributed by atoms with Gasteiger partial charge in [0.05, 0.1) is 0 Å². The first kappa shape index (κ1) is 70.5. The second-order valence-electron chi connectivity index (χ2n) is 0. The van der Waals surface area contributed by atoms with Crippen LogP contribution in [0.5, 0.6) is 0 Å². The van der Waals surface area contributed by atoms with Crippen molar-refractivity contribution in [3.8, 4) is 0 Å². The quantitative estimate of drug-likeness (QED) is 0.513. The van der Waals surface area contributed by atoms with Crippen LogP contribution in [0.25, 0.3) is 0 Å². The Balaban J connectivity index is 0. The van der Waals surface area contributed by atoms with Gasteiger partial charge in [0.1, 0.15) is 0 Å². The van der Waals surface area contributed by atoms with E-state index >= 15 is 0 Å². The summed E-state index contributed by atoms with van der Waals surface area (Å²) in [5.41, 5.74) is 0. The molecule has 0 amide bonds. The zero-order valence-corrected chi connectivity index (χ0v) is 7.64. The van der Waals surface area contributed by atoms with Gasteiger partial charge in [0.25, 0.3) is 0 Å². The molecular weight excluding hydrogens is 259 g/mol. The van der Waals surface area contributed by atoms with E-state index in [9.17, 15) is 0 Å². The standard InChI is InChI=1S/3O.Sb.Y/q3*-2;2*+3. The molecule has 0 aromatic carbocycles. The molecule has 0 fully saturated rings. The zero-order chi connectivity index (χ0) is 0. The maximum Gasteiger partial charge on any atom is 3.00 e. The topological polar surface area (TPSA) is 85.5 Å². The van der Waals surface area contributed by atoms with Crippen LogP contribution in [0.4, 0.5) is 0 Å². The molecule has 5 heteroatoms. The fraction of sp³-hybridized carbons (Fsp3) is 0. The van der Waals surface area contributed by atoms with Crippen molar-refractivity contribution in [1.29, 1.82) is 0 Å². The second-order valence-corrected chi connectivity index (χ2v) is 0. The van der Waals surface area contributed by atoms with Crippen molar-refractivity contribution in [3.05, 3.63) is 0 Å². The molecule has 5 heavy (non-hydrogen) atoms. The van der Waals surface area contributed by atoms with Crippen LogP contribution in [-0.4, -0.2) is 24.4 Å². The minimum absolute atomic E-state index is 0. The van der Waals surface area contributed by atoms with Crippen LogP contribution in [0, 0.1) is 0 Å². The fourth-order valence-corrected chi connectivity index (χ4v) is 0. The maximum absolute atomic E-state index is 0. The molecule has 0 aromatic heterocycles. The molecule has 0 atom stereocenters. The smallest absolute Gasteiger partial charge is 2.00 e. The van der Waals surface area contributed by atoms with Crippen molar-refractivity contribution < 1.29 is 49.1 Å². The molecular formula is O3SbY. The number of hydrogen-bond acceptors (Lipinski definition) is 0. The summed E-state index contributed by atoms with van der Waals surface area (Å²) < 4.78 is 0. The van der Waals surface area contributed by atoms with Gasteiger partial charge in [-0.05, 0) is 0 Å². The molecule has 0 saturated carbocycles. The molecule has 0 heterocycles. The van der Waals surface area contributed by atoms with Gasteiger partial charge in [0.15, 0.2) is 0 Å². The molecule has 26 valence electrons. The van der Waals surface area contributed by atoms with Crippen LogP contribution in [0.1, 0.15) is 0 Å². The predicted octanol–water partition coefficient (Wildman–Crippen LogP) is -0.740. The van der Waals surface area contributed by atoms with Gasteiger partial charge in [-0.15, -0.1) is 0 Å². The molecule has 0 aliphatic heterocycles. The minimum Gasteiger partial charge on any atom is -2.00 e. The third-order valence-corrected chi connectivity index (χ3v) is 0. The Bertz CT molecular complexity index is 6.85. The summed E-state index contributed by atoms with van der Waals surface area (Å²) in [7, 11) is 0. The van der Waals surface area contributed by atoms with Crippen LogP contribution in [0.2, 0.25) is 0 Å². The largest absolute Gasteiger partial charge is 3.00 e. The summed E-state index contributed by atoms with van der Waals surface area (Å²) >= 11 is 0.